The van der Waals surface area contributed by atoms with Gasteiger partial charge in [-0.3, -0.25) is 9.78 Å². The monoisotopic (exact) mass is 348 g/mol. The van der Waals surface area contributed by atoms with Crippen molar-refractivity contribution in [2.75, 3.05) is 13.7 Å². The van der Waals surface area contributed by atoms with Gasteiger partial charge < -0.3 is 4.74 Å². The normalized spacial score (nSPS) is 12.6. The van der Waals surface area contributed by atoms with Gasteiger partial charge in [-0.25, -0.2) is 13.1 Å². The van der Waals surface area contributed by atoms with E-state index in [9.17, 15) is 13.2 Å². The number of hydrogen-bond acceptors (Lipinski definition) is 5. The van der Waals surface area contributed by atoms with Crippen LogP contribution in [0.15, 0.2) is 42.6 Å². The van der Waals surface area contributed by atoms with Crippen molar-refractivity contribution in [2.24, 2.45) is 0 Å². The number of benzene rings is 1. The lowest BCUT2D eigenvalue weighted by Crippen LogP contribution is -2.39. The van der Waals surface area contributed by atoms with Crippen molar-refractivity contribution in [1.29, 1.82) is 0 Å². The lowest BCUT2D eigenvalue weighted by atomic mass is 9.99. The molecule has 0 saturated heterocycles. The number of carbonyl (C=O) groups excluding carboxylic acids is 1. The van der Waals surface area contributed by atoms with E-state index in [1.54, 1.807) is 31.3 Å². The minimum absolute atomic E-state index is 0.00949. The Kier molecular flexibility index (Phi) is 5.69. The first-order chi connectivity index (χ1) is 11.4. The second kappa shape index (κ2) is 7.55. The van der Waals surface area contributed by atoms with Gasteiger partial charge in [0.1, 0.15) is 5.25 Å². The minimum atomic E-state index is -3.80. The van der Waals surface area contributed by atoms with E-state index in [-0.39, 0.29) is 6.61 Å². The number of sulfonamides is 1. The molecule has 6 nitrogen and oxygen atoms in total. The van der Waals surface area contributed by atoms with Crippen molar-refractivity contribution >= 4 is 15.9 Å². The molecule has 0 aliphatic rings. The summed E-state index contributed by atoms with van der Waals surface area (Å²) in [5.41, 5.74) is 2.47. The van der Waals surface area contributed by atoms with Crippen LogP contribution in [0.2, 0.25) is 0 Å². The molecule has 0 saturated carbocycles. The van der Waals surface area contributed by atoms with Crippen LogP contribution in [0, 0.1) is 6.92 Å². The number of hydrogen-bond donors (Lipinski definition) is 1. The summed E-state index contributed by atoms with van der Waals surface area (Å²) < 4.78 is 31.2. The van der Waals surface area contributed by atoms with E-state index in [0.717, 1.165) is 11.3 Å². The number of nitrogens with zero attached hydrogens (tertiary/aromatic N) is 1. The van der Waals surface area contributed by atoms with Crippen LogP contribution in [0.25, 0.3) is 11.3 Å². The summed E-state index contributed by atoms with van der Waals surface area (Å²) in [5.74, 6) is -0.659. The SMILES string of the molecule is COCC(C)S(=O)(=O)NC(=O)c1cccc(-c2ccccn2)c1C. The van der Waals surface area contributed by atoms with E-state index < -0.39 is 21.2 Å². The third-order valence-electron chi connectivity index (χ3n) is 3.69. The molecule has 0 spiro atoms. The van der Waals surface area contributed by atoms with Gasteiger partial charge in [-0.2, -0.15) is 0 Å². The standard InChI is InChI=1S/C17H20N2O4S/c1-12(11-23-3)24(21,22)19-17(20)15-8-6-7-14(13(15)2)16-9-4-5-10-18-16/h4-10,12H,11H2,1-3H3,(H,19,20). The lowest BCUT2D eigenvalue weighted by Gasteiger charge is -2.15. The fraction of sp³-hybridized carbons (Fsp3) is 0.294. The molecule has 1 atom stereocenters. The van der Waals surface area contributed by atoms with Crippen LogP contribution in [-0.2, 0) is 14.8 Å². The Labute approximate surface area is 141 Å². The van der Waals surface area contributed by atoms with Crippen LogP contribution < -0.4 is 4.72 Å². The van der Waals surface area contributed by atoms with Crippen molar-refractivity contribution < 1.29 is 17.9 Å². The second-order valence-electron chi connectivity index (χ2n) is 5.44. The van der Waals surface area contributed by atoms with Crippen LogP contribution in [0.5, 0.6) is 0 Å². The third-order valence-corrected chi connectivity index (χ3v) is 5.35. The van der Waals surface area contributed by atoms with E-state index >= 15 is 0 Å². The van der Waals surface area contributed by atoms with Crippen LogP contribution in [0.3, 0.4) is 0 Å². The highest BCUT2D eigenvalue weighted by Gasteiger charge is 2.24. The Hall–Kier alpha value is -2.25. The first-order valence-corrected chi connectivity index (χ1v) is 8.97. The topological polar surface area (TPSA) is 85.4 Å². The molecule has 2 aromatic rings. The first kappa shape index (κ1) is 18.1. The number of nitrogens with one attached hydrogen (secondary N) is 1. The molecule has 0 bridgehead atoms. The molecular weight excluding hydrogens is 328 g/mol. The van der Waals surface area contributed by atoms with Gasteiger partial charge in [0.15, 0.2) is 0 Å². The Balaban J connectivity index is 2.32. The van der Waals surface area contributed by atoms with E-state index in [1.807, 2.05) is 18.2 Å². The highest BCUT2D eigenvalue weighted by Crippen LogP contribution is 2.24. The Morgan fingerprint density at radius 3 is 2.62 bits per heavy atom. The van der Waals surface area contributed by atoms with Crippen LogP contribution in [0.1, 0.15) is 22.8 Å². The average Bonchev–Trinajstić information content (AvgIpc) is 2.55. The number of amides is 1. The summed E-state index contributed by atoms with van der Waals surface area (Å²) in [6, 6.07) is 10.6. The Bertz CT molecular complexity index is 820. The van der Waals surface area contributed by atoms with E-state index in [1.165, 1.54) is 14.0 Å². The fourth-order valence-electron chi connectivity index (χ4n) is 2.29. The van der Waals surface area contributed by atoms with E-state index in [4.69, 9.17) is 4.74 Å². The number of pyridine rings is 1. The molecule has 7 heteroatoms. The molecule has 0 aliphatic carbocycles. The predicted octanol–water partition coefficient (Wildman–Crippen LogP) is 2.15. The minimum Gasteiger partial charge on any atom is -0.383 e. The summed E-state index contributed by atoms with van der Waals surface area (Å²) in [6.45, 7) is 3.26. The predicted molar refractivity (Wildman–Crippen MR) is 92.1 cm³/mol. The molecule has 2 rings (SSSR count). The molecular formula is C17H20N2O4S. The number of aromatic nitrogens is 1. The van der Waals surface area contributed by atoms with Gasteiger partial charge in [-0.1, -0.05) is 18.2 Å². The van der Waals surface area contributed by atoms with Crippen molar-refractivity contribution in [1.82, 2.24) is 9.71 Å². The molecule has 0 aliphatic heterocycles. The van der Waals surface area contributed by atoms with Gasteiger partial charge in [-0.15, -0.1) is 0 Å². The molecule has 128 valence electrons. The van der Waals surface area contributed by atoms with Crippen molar-refractivity contribution in [3.63, 3.8) is 0 Å². The molecule has 1 aromatic carbocycles. The van der Waals surface area contributed by atoms with Crippen molar-refractivity contribution in [3.8, 4) is 11.3 Å². The lowest BCUT2D eigenvalue weighted by molar-refractivity contribution is 0.0980. The number of rotatable bonds is 6. The number of methoxy groups -OCH3 is 1. The molecule has 0 fully saturated rings. The maximum absolute atomic E-state index is 12.4. The Morgan fingerprint density at radius 1 is 1.25 bits per heavy atom. The zero-order valence-corrected chi connectivity index (χ0v) is 14.6. The Morgan fingerprint density at radius 2 is 2.00 bits per heavy atom. The van der Waals surface area contributed by atoms with E-state index in [0.29, 0.717) is 11.1 Å². The van der Waals surface area contributed by atoms with Gasteiger partial charge in [0.25, 0.3) is 5.91 Å². The van der Waals surface area contributed by atoms with E-state index in [2.05, 4.69) is 9.71 Å². The highest BCUT2D eigenvalue weighted by molar-refractivity contribution is 7.90. The molecule has 1 N–H and O–H groups in total. The molecule has 0 radical (unpaired) electrons. The first-order valence-electron chi connectivity index (χ1n) is 7.42. The van der Waals surface area contributed by atoms with Gasteiger partial charge >= 0.3 is 0 Å². The van der Waals surface area contributed by atoms with Crippen LogP contribution >= 0.6 is 0 Å². The van der Waals surface area contributed by atoms with Gasteiger partial charge in [0.2, 0.25) is 10.0 Å². The van der Waals surface area contributed by atoms with Crippen molar-refractivity contribution in [3.05, 3.63) is 53.7 Å². The van der Waals surface area contributed by atoms with Gasteiger partial charge in [-0.05, 0) is 37.6 Å². The van der Waals surface area contributed by atoms with Crippen LogP contribution in [-0.4, -0.2) is 38.3 Å². The molecule has 1 heterocycles. The summed E-state index contributed by atoms with van der Waals surface area (Å²) in [4.78, 5) is 16.7. The summed E-state index contributed by atoms with van der Waals surface area (Å²) in [5, 5.41) is -0.828. The molecule has 1 amide bonds. The number of carbonyl (C=O) groups is 1. The van der Waals surface area contributed by atoms with Crippen LogP contribution in [0.4, 0.5) is 0 Å². The van der Waals surface area contributed by atoms with Crippen molar-refractivity contribution in [2.45, 2.75) is 19.1 Å². The zero-order chi connectivity index (χ0) is 17.7. The molecule has 1 aromatic heterocycles. The molecule has 1 unspecified atom stereocenters. The highest BCUT2D eigenvalue weighted by atomic mass is 32.2. The maximum atomic E-state index is 12.4. The smallest absolute Gasteiger partial charge is 0.265 e. The largest absolute Gasteiger partial charge is 0.383 e. The quantitative estimate of drug-likeness (QED) is 0.864. The summed E-state index contributed by atoms with van der Waals surface area (Å²) in [7, 11) is -2.39. The summed E-state index contributed by atoms with van der Waals surface area (Å²) >= 11 is 0. The fourth-order valence-corrected chi connectivity index (χ4v) is 3.18. The molecule has 24 heavy (non-hydrogen) atoms. The third kappa shape index (κ3) is 3.98. The maximum Gasteiger partial charge on any atom is 0.265 e. The number of ether oxygens (including phenoxy) is 1. The summed E-state index contributed by atoms with van der Waals surface area (Å²) in [6.07, 6.45) is 1.67. The average molecular weight is 348 g/mol. The van der Waals surface area contributed by atoms with Gasteiger partial charge in [0, 0.05) is 24.4 Å². The zero-order valence-electron chi connectivity index (χ0n) is 13.8. The second-order valence-corrected chi connectivity index (χ2v) is 7.53. The van der Waals surface area contributed by atoms with Gasteiger partial charge in [0.05, 0.1) is 12.3 Å².